The summed E-state index contributed by atoms with van der Waals surface area (Å²) in [6, 6.07) is 18.7. The topological polar surface area (TPSA) is 61.9 Å². The second-order valence-electron chi connectivity index (χ2n) is 10.8. The van der Waals surface area contributed by atoms with Crippen molar-refractivity contribution in [2.24, 2.45) is 0 Å². The number of hydrogen-bond donors (Lipinski definition) is 1. The maximum absolute atomic E-state index is 14.0. The van der Waals surface area contributed by atoms with E-state index < -0.39 is 36.0 Å². The summed E-state index contributed by atoms with van der Waals surface area (Å²) < 4.78 is 71.8. The minimum atomic E-state index is -4.57. The standard InChI is InChI=1S/C32H32F5N3O3/c33-27-13-7-8-22(29(27)34)20-28(41)40-18-16-39(17-19-40)15-6-5-14-31(43-30(42)38-21-32(35,36)37)25-11-3-1-9-23(25)24-10-2-4-12-26(24)31/h1-4,7-13H,5-6,14-21H2,(H,38,42). The lowest BCUT2D eigenvalue weighted by atomic mass is 9.86. The fourth-order valence-corrected chi connectivity index (χ4v) is 5.97. The predicted molar refractivity (Wildman–Crippen MR) is 150 cm³/mol. The number of hydrogen-bond acceptors (Lipinski definition) is 4. The van der Waals surface area contributed by atoms with E-state index in [1.54, 1.807) is 4.90 Å². The summed E-state index contributed by atoms with van der Waals surface area (Å²) in [4.78, 5) is 29.2. The number of alkyl halides is 3. The van der Waals surface area contributed by atoms with Crippen LogP contribution in [0.5, 0.6) is 0 Å². The smallest absolute Gasteiger partial charge is 0.408 e. The lowest BCUT2D eigenvalue weighted by Gasteiger charge is -2.35. The molecular weight excluding hydrogens is 569 g/mol. The number of carbonyl (C=O) groups excluding carboxylic acids is 2. The van der Waals surface area contributed by atoms with Crippen molar-refractivity contribution in [1.29, 1.82) is 0 Å². The summed E-state index contributed by atoms with van der Waals surface area (Å²) >= 11 is 0. The number of amides is 2. The fourth-order valence-electron chi connectivity index (χ4n) is 5.97. The van der Waals surface area contributed by atoms with Crippen LogP contribution in [0.15, 0.2) is 66.7 Å². The maximum atomic E-state index is 14.0. The van der Waals surface area contributed by atoms with Gasteiger partial charge < -0.3 is 15.0 Å². The van der Waals surface area contributed by atoms with E-state index in [0.29, 0.717) is 45.6 Å². The molecule has 0 radical (unpaired) electrons. The number of unbranched alkanes of at least 4 members (excludes halogenated alkanes) is 1. The van der Waals surface area contributed by atoms with Gasteiger partial charge in [-0.1, -0.05) is 60.7 Å². The lowest BCUT2D eigenvalue weighted by molar-refractivity contribution is -0.132. The molecule has 0 atom stereocenters. The zero-order chi connectivity index (χ0) is 30.6. The summed E-state index contributed by atoms with van der Waals surface area (Å²) in [5.74, 6) is -2.24. The highest BCUT2D eigenvalue weighted by Crippen LogP contribution is 2.52. The highest BCUT2D eigenvalue weighted by Gasteiger charge is 2.46. The zero-order valence-corrected chi connectivity index (χ0v) is 23.4. The van der Waals surface area contributed by atoms with Gasteiger partial charge in [0.1, 0.15) is 6.54 Å². The van der Waals surface area contributed by atoms with Crippen LogP contribution in [0.4, 0.5) is 26.7 Å². The predicted octanol–water partition coefficient (Wildman–Crippen LogP) is 6.03. The van der Waals surface area contributed by atoms with Gasteiger partial charge in [-0.05, 0) is 43.0 Å². The highest BCUT2D eigenvalue weighted by atomic mass is 19.4. The molecule has 0 saturated carbocycles. The fraction of sp³-hybridized carbons (Fsp3) is 0.375. The van der Waals surface area contributed by atoms with Gasteiger partial charge in [0.25, 0.3) is 0 Å². The summed E-state index contributed by atoms with van der Waals surface area (Å²) in [5.41, 5.74) is 2.02. The van der Waals surface area contributed by atoms with E-state index in [0.717, 1.165) is 34.7 Å². The van der Waals surface area contributed by atoms with Crippen molar-refractivity contribution in [1.82, 2.24) is 15.1 Å². The first-order valence-electron chi connectivity index (χ1n) is 14.2. The number of ether oxygens (including phenoxy) is 1. The molecule has 3 aromatic rings. The SMILES string of the molecule is O=C(NCC(F)(F)F)OC1(CCCCN2CCN(C(=O)Cc3cccc(F)c3F)CC2)c2ccccc2-c2ccccc21. The highest BCUT2D eigenvalue weighted by molar-refractivity contribution is 5.82. The first-order valence-corrected chi connectivity index (χ1v) is 14.2. The molecule has 2 amide bonds. The van der Waals surface area contributed by atoms with Gasteiger partial charge in [-0.15, -0.1) is 0 Å². The number of fused-ring (bicyclic) bond motifs is 3. The van der Waals surface area contributed by atoms with Crippen molar-refractivity contribution in [3.05, 3.63) is 95.1 Å². The minimum Gasteiger partial charge on any atom is -0.433 e. The normalized spacial score (nSPS) is 16.0. The first kappa shape index (κ1) is 30.5. The van der Waals surface area contributed by atoms with Crippen molar-refractivity contribution in [2.75, 3.05) is 39.3 Å². The van der Waals surface area contributed by atoms with Gasteiger partial charge in [-0.2, -0.15) is 13.2 Å². The molecule has 43 heavy (non-hydrogen) atoms. The molecule has 0 spiro atoms. The Morgan fingerprint density at radius 3 is 2.09 bits per heavy atom. The van der Waals surface area contributed by atoms with Crippen molar-refractivity contribution in [2.45, 2.75) is 37.5 Å². The zero-order valence-electron chi connectivity index (χ0n) is 23.4. The van der Waals surface area contributed by atoms with E-state index in [2.05, 4.69) is 4.90 Å². The van der Waals surface area contributed by atoms with Gasteiger partial charge in [0, 0.05) is 42.9 Å². The number of piperazine rings is 1. The summed E-state index contributed by atoms with van der Waals surface area (Å²) in [5, 5.41) is 1.85. The molecule has 0 aromatic heterocycles. The van der Waals surface area contributed by atoms with Crippen LogP contribution in [0.25, 0.3) is 11.1 Å². The summed E-state index contributed by atoms with van der Waals surface area (Å²) in [6.07, 6.45) is -4.19. The second-order valence-corrected chi connectivity index (χ2v) is 10.8. The van der Waals surface area contributed by atoms with E-state index in [4.69, 9.17) is 4.74 Å². The van der Waals surface area contributed by atoms with Gasteiger partial charge in [0.2, 0.25) is 5.91 Å². The molecule has 6 nitrogen and oxygen atoms in total. The molecule has 11 heteroatoms. The molecular formula is C32H32F5N3O3. The van der Waals surface area contributed by atoms with Crippen molar-refractivity contribution < 1.29 is 36.3 Å². The van der Waals surface area contributed by atoms with Gasteiger partial charge in [0.15, 0.2) is 17.2 Å². The number of alkyl carbamates (subject to hydrolysis) is 1. The average Bonchev–Trinajstić information content (AvgIpc) is 3.26. The quantitative estimate of drug-likeness (QED) is 0.240. The second kappa shape index (κ2) is 12.7. The summed E-state index contributed by atoms with van der Waals surface area (Å²) in [7, 11) is 0. The van der Waals surface area contributed by atoms with Gasteiger partial charge in [-0.25, -0.2) is 13.6 Å². The molecule has 2 aliphatic rings. The number of nitrogens with one attached hydrogen (secondary N) is 1. The Balaban J connectivity index is 1.20. The monoisotopic (exact) mass is 601 g/mol. The molecule has 1 saturated heterocycles. The number of rotatable bonds is 9. The number of halogens is 5. The molecule has 1 aliphatic carbocycles. The molecule has 3 aromatic carbocycles. The Morgan fingerprint density at radius 2 is 1.47 bits per heavy atom. The van der Waals surface area contributed by atoms with Crippen LogP contribution in [0.2, 0.25) is 0 Å². The van der Waals surface area contributed by atoms with E-state index in [-0.39, 0.29) is 17.9 Å². The van der Waals surface area contributed by atoms with Crippen molar-refractivity contribution in [3.63, 3.8) is 0 Å². The Labute approximate surface area is 246 Å². The molecule has 1 aliphatic heterocycles. The molecule has 5 rings (SSSR count). The van der Waals surface area contributed by atoms with Crippen molar-refractivity contribution in [3.8, 4) is 11.1 Å². The first-order chi connectivity index (χ1) is 20.6. The molecule has 1 N–H and O–H groups in total. The van der Waals surface area contributed by atoms with Crippen LogP contribution in [-0.2, 0) is 21.6 Å². The van der Waals surface area contributed by atoms with Gasteiger partial charge >= 0.3 is 12.3 Å². The Kier molecular flexibility index (Phi) is 9.00. The lowest BCUT2D eigenvalue weighted by Crippen LogP contribution is -2.49. The average molecular weight is 602 g/mol. The summed E-state index contributed by atoms with van der Waals surface area (Å²) in [6.45, 7) is 1.37. The van der Waals surface area contributed by atoms with Crippen molar-refractivity contribution >= 4 is 12.0 Å². The van der Waals surface area contributed by atoms with Crippen LogP contribution >= 0.6 is 0 Å². The van der Waals surface area contributed by atoms with E-state index >= 15 is 0 Å². The van der Waals surface area contributed by atoms with Gasteiger partial charge in [-0.3, -0.25) is 9.69 Å². The third-order valence-corrected chi connectivity index (χ3v) is 8.07. The van der Waals surface area contributed by atoms with Crippen LogP contribution in [0.3, 0.4) is 0 Å². The van der Waals surface area contributed by atoms with Crippen LogP contribution < -0.4 is 5.32 Å². The third kappa shape index (κ3) is 6.82. The number of benzene rings is 3. The van der Waals surface area contributed by atoms with Crippen LogP contribution in [0, 0.1) is 11.6 Å². The Morgan fingerprint density at radius 1 is 0.837 bits per heavy atom. The number of carbonyl (C=O) groups is 2. The maximum Gasteiger partial charge on any atom is 0.408 e. The van der Waals surface area contributed by atoms with Crippen LogP contribution in [0.1, 0.15) is 36.0 Å². The van der Waals surface area contributed by atoms with E-state index in [1.165, 1.54) is 12.1 Å². The largest absolute Gasteiger partial charge is 0.433 e. The van der Waals surface area contributed by atoms with E-state index in [1.807, 2.05) is 53.8 Å². The molecule has 0 unspecified atom stereocenters. The minimum absolute atomic E-state index is 0.0331. The molecule has 0 bridgehead atoms. The molecule has 1 fully saturated rings. The van der Waals surface area contributed by atoms with E-state index in [9.17, 15) is 31.5 Å². The molecule has 228 valence electrons. The Hall–Kier alpha value is -3.99. The van der Waals surface area contributed by atoms with Gasteiger partial charge in [0.05, 0.1) is 6.42 Å². The number of nitrogens with zero attached hydrogens (tertiary/aromatic N) is 2. The molecule has 1 heterocycles. The third-order valence-electron chi connectivity index (χ3n) is 8.07. The van der Waals surface area contributed by atoms with Crippen LogP contribution in [-0.4, -0.2) is 67.2 Å². The Bertz CT molecular complexity index is 1430.